The van der Waals surface area contributed by atoms with Crippen LogP contribution in [0.5, 0.6) is 0 Å². The normalized spacial score (nSPS) is 10.9. The maximum absolute atomic E-state index is 5.65. The molecule has 0 aliphatic carbocycles. The molecule has 0 radical (unpaired) electrons. The third-order valence-corrected chi connectivity index (χ3v) is 2.76. The lowest BCUT2D eigenvalue weighted by molar-refractivity contribution is 0.753. The van der Waals surface area contributed by atoms with Gasteiger partial charge in [0, 0.05) is 25.0 Å². The van der Waals surface area contributed by atoms with E-state index in [9.17, 15) is 0 Å². The summed E-state index contributed by atoms with van der Waals surface area (Å²) in [5.74, 6) is 2.79. The largest absolute Gasteiger partial charge is 0.318 e. The summed E-state index contributed by atoms with van der Waals surface area (Å²) in [6, 6.07) is 8.26. The van der Waals surface area contributed by atoms with Gasteiger partial charge in [-0.2, -0.15) is 0 Å². The van der Waals surface area contributed by atoms with Gasteiger partial charge in [-0.3, -0.25) is 0 Å². The van der Waals surface area contributed by atoms with Gasteiger partial charge in [-0.15, -0.1) is 6.42 Å². The summed E-state index contributed by atoms with van der Waals surface area (Å²) in [5, 5.41) is 3.19. The molecular formula is C15H16N2. The first kappa shape index (κ1) is 11.3. The highest BCUT2D eigenvalue weighted by molar-refractivity contribution is 5.92. The molecule has 1 aromatic carbocycles. The van der Waals surface area contributed by atoms with E-state index in [0.29, 0.717) is 0 Å². The van der Waals surface area contributed by atoms with Crippen LogP contribution in [0.3, 0.4) is 0 Å². The Morgan fingerprint density at radius 3 is 2.59 bits per heavy atom. The maximum Gasteiger partial charge on any atom is 0.120 e. The second-order valence-electron chi connectivity index (χ2n) is 4.08. The summed E-state index contributed by atoms with van der Waals surface area (Å²) in [6.07, 6.45) is 9.74. The van der Waals surface area contributed by atoms with Crippen molar-refractivity contribution in [1.29, 1.82) is 0 Å². The highest BCUT2D eigenvalue weighted by atomic mass is 15.5. The Labute approximate surface area is 102 Å². The van der Waals surface area contributed by atoms with Crippen LogP contribution in [-0.2, 0) is 0 Å². The van der Waals surface area contributed by atoms with Crippen molar-refractivity contribution in [3.63, 3.8) is 0 Å². The molecule has 17 heavy (non-hydrogen) atoms. The molecule has 0 saturated heterocycles. The SMILES string of the molecule is C#Cc1c(/C=C\C)c2ccccc2n1N(C)C. The van der Waals surface area contributed by atoms with Gasteiger partial charge in [0.05, 0.1) is 5.52 Å². The molecule has 0 bridgehead atoms. The standard InChI is InChI=1S/C15H16N2/c1-5-9-12-13-10-7-8-11-15(13)17(16(3)4)14(12)6-2/h2,5,7-11H,1,3-4H3/b9-5-. The maximum atomic E-state index is 5.65. The van der Waals surface area contributed by atoms with E-state index in [4.69, 9.17) is 6.42 Å². The summed E-state index contributed by atoms with van der Waals surface area (Å²) < 4.78 is 2.06. The number of terminal acetylenes is 1. The van der Waals surface area contributed by atoms with Crippen LogP contribution in [0.15, 0.2) is 30.3 Å². The van der Waals surface area contributed by atoms with Crippen LogP contribution in [0, 0.1) is 12.3 Å². The van der Waals surface area contributed by atoms with E-state index in [1.807, 2.05) is 44.2 Å². The minimum Gasteiger partial charge on any atom is -0.318 e. The molecule has 2 aromatic rings. The first-order chi connectivity index (χ1) is 8.20. The predicted molar refractivity (Wildman–Crippen MR) is 74.6 cm³/mol. The first-order valence-electron chi connectivity index (χ1n) is 5.61. The molecular weight excluding hydrogens is 208 g/mol. The number of hydrogen-bond donors (Lipinski definition) is 0. The van der Waals surface area contributed by atoms with Gasteiger partial charge in [0.1, 0.15) is 5.69 Å². The highest BCUT2D eigenvalue weighted by Gasteiger charge is 2.14. The highest BCUT2D eigenvalue weighted by Crippen LogP contribution is 2.26. The predicted octanol–water partition coefficient (Wildman–Crippen LogP) is 2.85. The smallest absolute Gasteiger partial charge is 0.120 e. The van der Waals surface area contributed by atoms with Crippen molar-refractivity contribution in [3.05, 3.63) is 41.6 Å². The van der Waals surface area contributed by atoms with Crippen molar-refractivity contribution in [3.8, 4) is 12.3 Å². The second-order valence-corrected chi connectivity index (χ2v) is 4.08. The fourth-order valence-electron chi connectivity index (χ4n) is 2.14. The van der Waals surface area contributed by atoms with Crippen LogP contribution in [0.25, 0.3) is 17.0 Å². The van der Waals surface area contributed by atoms with E-state index >= 15 is 0 Å². The van der Waals surface area contributed by atoms with Gasteiger partial charge in [-0.05, 0) is 18.9 Å². The molecule has 2 rings (SSSR count). The van der Waals surface area contributed by atoms with Crippen molar-refractivity contribution < 1.29 is 0 Å². The summed E-state index contributed by atoms with van der Waals surface area (Å²) in [4.78, 5) is 0. The minimum atomic E-state index is 0.898. The number of rotatable bonds is 2. The van der Waals surface area contributed by atoms with Gasteiger partial charge in [-0.1, -0.05) is 30.4 Å². The number of benzene rings is 1. The molecule has 0 aliphatic rings. The third kappa shape index (κ3) is 1.70. The Morgan fingerprint density at radius 1 is 1.29 bits per heavy atom. The summed E-state index contributed by atoms with van der Waals surface area (Å²) in [5.41, 5.74) is 3.15. The van der Waals surface area contributed by atoms with E-state index < -0.39 is 0 Å². The minimum absolute atomic E-state index is 0.898. The molecule has 0 amide bonds. The zero-order valence-electron chi connectivity index (χ0n) is 10.4. The molecule has 0 spiro atoms. The Hall–Kier alpha value is -2.14. The number of aromatic nitrogens is 1. The van der Waals surface area contributed by atoms with Crippen LogP contribution >= 0.6 is 0 Å². The van der Waals surface area contributed by atoms with Gasteiger partial charge in [0.25, 0.3) is 0 Å². The van der Waals surface area contributed by atoms with Gasteiger partial charge < -0.3 is 5.01 Å². The topological polar surface area (TPSA) is 8.17 Å². The molecule has 0 fully saturated rings. The van der Waals surface area contributed by atoms with E-state index in [1.54, 1.807) is 0 Å². The Kier molecular flexibility index (Phi) is 2.93. The molecule has 1 aromatic heterocycles. The number of para-hydroxylation sites is 1. The van der Waals surface area contributed by atoms with Crippen LogP contribution in [0.4, 0.5) is 0 Å². The lowest BCUT2D eigenvalue weighted by Crippen LogP contribution is -2.25. The van der Waals surface area contributed by atoms with Gasteiger partial charge >= 0.3 is 0 Å². The van der Waals surface area contributed by atoms with E-state index in [-0.39, 0.29) is 0 Å². The molecule has 0 aliphatic heterocycles. The lowest BCUT2D eigenvalue weighted by atomic mass is 10.1. The van der Waals surface area contributed by atoms with E-state index in [2.05, 4.69) is 28.8 Å². The van der Waals surface area contributed by atoms with Crippen LogP contribution in [0.2, 0.25) is 0 Å². The second kappa shape index (κ2) is 4.39. The van der Waals surface area contributed by atoms with Crippen molar-refractivity contribution >= 4 is 17.0 Å². The average Bonchev–Trinajstić information content (AvgIpc) is 2.64. The molecule has 1 heterocycles. The van der Waals surface area contributed by atoms with E-state index in [1.165, 1.54) is 5.39 Å². The molecule has 2 heteroatoms. The quantitative estimate of drug-likeness (QED) is 0.712. The zero-order chi connectivity index (χ0) is 12.4. The molecule has 0 unspecified atom stereocenters. The van der Waals surface area contributed by atoms with Gasteiger partial charge in [0.15, 0.2) is 0 Å². The van der Waals surface area contributed by atoms with Crippen molar-refractivity contribution in [2.24, 2.45) is 0 Å². The summed E-state index contributed by atoms with van der Waals surface area (Å²) in [6.45, 7) is 2.00. The van der Waals surface area contributed by atoms with Gasteiger partial charge in [0.2, 0.25) is 0 Å². The third-order valence-electron chi connectivity index (χ3n) is 2.76. The van der Waals surface area contributed by atoms with Crippen molar-refractivity contribution in [2.75, 3.05) is 19.1 Å². The Morgan fingerprint density at radius 2 is 2.00 bits per heavy atom. The molecule has 0 atom stereocenters. The fourth-order valence-corrected chi connectivity index (χ4v) is 2.14. The van der Waals surface area contributed by atoms with Crippen molar-refractivity contribution in [1.82, 2.24) is 4.68 Å². The number of fused-ring (bicyclic) bond motifs is 1. The van der Waals surface area contributed by atoms with Gasteiger partial charge in [-0.25, -0.2) is 4.68 Å². The van der Waals surface area contributed by atoms with Crippen molar-refractivity contribution in [2.45, 2.75) is 6.92 Å². The Balaban J connectivity index is 2.93. The molecule has 86 valence electrons. The molecule has 0 N–H and O–H groups in total. The first-order valence-corrected chi connectivity index (χ1v) is 5.61. The number of nitrogens with zero attached hydrogens (tertiary/aromatic N) is 2. The lowest BCUT2D eigenvalue weighted by Gasteiger charge is -2.17. The summed E-state index contributed by atoms with van der Waals surface area (Å²) >= 11 is 0. The fraction of sp³-hybridized carbons (Fsp3) is 0.200. The van der Waals surface area contributed by atoms with Crippen LogP contribution in [-0.4, -0.2) is 18.8 Å². The Bertz CT molecular complexity index is 610. The molecule has 2 nitrogen and oxygen atoms in total. The van der Waals surface area contributed by atoms with Crippen LogP contribution < -0.4 is 5.01 Å². The average molecular weight is 224 g/mol. The van der Waals surface area contributed by atoms with Crippen LogP contribution in [0.1, 0.15) is 18.2 Å². The zero-order valence-corrected chi connectivity index (χ0v) is 10.4. The monoisotopic (exact) mass is 224 g/mol. The summed E-state index contributed by atoms with van der Waals surface area (Å²) in [7, 11) is 3.99. The number of hydrogen-bond acceptors (Lipinski definition) is 1. The van der Waals surface area contributed by atoms with E-state index in [0.717, 1.165) is 16.8 Å². The number of allylic oxidation sites excluding steroid dienone is 1. The molecule has 0 saturated carbocycles.